The van der Waals surface area contributed by atoms with E-state index in [4.69, 9.17) is 5.26 Å². The molecule has 1 aromatic rings. The lowest BCUT2D eigenvalue weighted by Gasteiger charge is -2.12. The minimum Gasteiger partial charge on any atom is -0.391 e. The van der Waals surface area contributed by atoms with Crippen molar-refractivity contribution in [3.63, 3.8) is 0 Å². The highest BCUT2D eigenvalue weighted by Crippen LogP contribution is 2.32. The Morgan fingerprint density at radius 2 is 2.21 bits per heavy atom. The molecule has 102 valence electrons. The van der Waals surface area contributed by atoms with Gasteiger partial charge in [0, 0.05) is 6.54 Å². The second-order valence-electron chi connectivity index (χ2n) is 4.49. The van der Waals surface area contributed by atoms with Crippen LogP contribution in [0.3, 0.4) is 0 Å². The Labute approximate surface area is 110 Å². The second kappa shape index (κ2) is 5.25. The largest absolute Gasteiger partial charge is 0.391 e. The van der Waals surface area contributed by atoms with Crippen molar-refractivity contribution < 1.29 is 17.9 Å². The average Bonchev–Trinajstić information content (AvgIpc) is 3.20. The van der Waals surface area contributed by atoms with Gasteiger partial charge in [-0.3, -0.25) is 0 Å². The topological polar surface area (TPSA) is 90.2 Å². The van der Waals surface area contributed by atoms with Crippen molar-refractivity contribution >= 4 is 10.0 Å². The van der Waals surface area contributed by atoms with Crippen LogP contribution in [0.2, 0.25) is 0 Å². The molecule has 5 nitrogen and oxygen atoms in total. The number of aliphatic hydroxyl groups is 1. The molecule has 1 fully saturated rings. The number of halogens is 1. The number of nitrogens with zero attached hydrogens (tertiary/aromatic N) is 1. The number of rotatable bonds is 5. The van der Waals surface area contributed by atoms with Crippen LogP contribution in [0.1, 0.15) is 18.4 Å². The number of hydrogen-bond donors (Lipinski definition) is 2. The van der Waals surface area contributed by atoms with Crippen molar-refractivity contribution in [2.45, 2.75) is 23.8 Å². The van der Waals surface area contributed by atoms with E-state index in [2.05, 4.69) is 4.72 Å². The molecule has 0 radical (unpaired) electrons. The van der Waals surface area contributed by atoms with Gasteiger partial charge in [-0.25, -0.2) is 17.5 Å². The number of aliphatic hydroxyl groups excluding tert-OH is 1. The van der Waals surface area contributed by atoms with Gasteiger partial charge in [0.2, 0.25) is 10.0 Å². The molecule has 0 amide bonds. The minimum absolute atomic E-state index is 0.123. The summed E-state index contributed by atoms with van der Waals surface area (Å²) in [5.41, 5.74) is -0.328. The third-order valence-corrected chi connectivity index (χ3v) is 4.46. The molecule has 1 unspecified atom stereocenters. The third-order valence-electron chi connectivity index (χ3n) is 3.02. The predicted molar refractivity (Wildman–Crippen MR) is 65.0 cm³/mol. The molecule has 2 rings (SSSR count). The summed E-state index contributed by atoms with van der Waals surface area (Å²) in [4.78, 5) is -0.574. The van der Waals surface area contributed by atoms with Gasteiger partial charge < -0.3 is 5.11 Å². The molecule has 0 bridgehead atoms. The van der Waals surface area contributed by atoms with E-state index in [1.807, 2.05) is 0 Å². The van der Waals surface area contributed by atoms with Crippen LogP contribution in [0.4, 0.5) is 4.39 Å². The van der Waals surface area contributed by atoms with E-state index in [0.29, 0.717) is 0 Å². The first-order chi connectivity index (χ1) is 8.95. The Bertz CT molecular complexity index is 620. The van der Waals surface area contributed by atoms with Crippen LogP contribution >= 0.6 is 0 Å². The van der Waals surface area contributed by atoms with Gasteiger partial charge in [0.25, 0.3) is 0 Å². The lowest BCUT2D eigenvalue weighted by molar-refractivity contribution is 0.155. The average molecular weight is 284 g/mol. The first-order valence-electron chi connectivity index (χ1n) is 5.82. The van der Waals surface area contributed by atoms with Crippen LogP contribution in [-0.2, 0) is 10.0 Å². The van der Waals surface area contributed by atoms with E-state index in [1.165, 1.54) is 12.1 Å². The first-order valence-corrected chi connectivity index (χ1v) is 7.30. The highest BCUT2D eigenvalue weighted by molar-refractivity contribution is 7.89. The van der Waals surface area contributed by atoms with Gasteiger partial charge in [-0.05, 0) is 30.9 Å². The van der Waals surface area contributed by atoms with Gasteiger partial charge in [-0.2, -0.15) is 5.26 Å². The summed E-state index contributed by atoms with van der Waals surface area (Å²) in [5, 5.41) is 18.3. The van der Waals surface area contributed by atoms with E-state index in [1.54, 1.807) is 6.07 Å². The summed E-state index contributed by atoms with van der Waals surface area (Å²) in [6.45, 7) is -0.150. The summed E-state index contributed by atoms with van der Waals surface area (Å²) in [6, 6.07) is 5.17. The maximum absolute atomic E-state index is 13.8. The number of benzene rings is 1. The molecule has 1 aromatic carbocycles. The zero-order valence-corrected chi connectivity index (χ0v) is 10.8. The molecule has 0 spiro atoms. The Balaban J connectivity index is 2.17. The zero-order chi connectivity index (χ0) is 14.0. The SMILES string of the molecule is N#Cc1cccc(S(=O)(=O)NCC(O)C2CC2)c1F. The molecule has 0 saturated heterocycles. The van der Waals surface area contributed by atoms with Crippen molar-refractivity contribution in [1.82, 2.24) is 4.72 Å². The molecule has 0 aromatic heterocycles. The van der Waals surface area contributed by atoms with Crippen LogP contribution in [-0.4, -0.2) is 26.2 Å². The Morgan fingerprint density at radius 1 is 1.53 bits per heavy atom. The molecular formula is C12H13FN2O3S. The molecule has 1 saturated carbocycles. The van der Waals surface area contributed by atoms with Crippen LogP contribution in [0.15, 0.2) is 23.1 Å². The molecule has 1 atom stereocenters. The summed E-state index contributed by atoms with van der Waals surface area (Å²) >= 11 is 0. The van der Waals surface area contributed by atoms with Crippen LogP contribution in [0, 0.1) is 23.1 Å². The van der Waals surface area contributed by atoms with Gasteiger partial charge in [-0.1, -0.05) is 6.07 Å². The highest BCUT2D eigenvalue weighted by atomic mass is 32.2. The summed E-state index contributed by atoms with van der Waals surface area (Å²) in [7, 11) is -4.06. The van der Waals surface area contributed by atoms with Gasteiger partial charge in [0.15, 0.2) is 5.82 Å². The summed E-state index contributed by atoms with van der Waals surface area (Å²) in [5.74, 6) is -0.948. The second-order valence-corrected chi connectivity index (χ2v) is 6.22. The molecule has 1 aliphatic rings. The summed E-state index contributed by atoms with van der Waals surface area (Å²) in [6.07, 6.45) is 1.000. The van der Waals surface area contributed by atoms with E-state index in [0.717, 1.165) is 18.9 Å². The van der Waals surface area contributed by atoms with Gasteiger partial charge in [-0.15, -0.1) is 0 Å². The molecule has 1 aliphatic carbocycles. The Hall–Kier alpha value is -1.49. The minimum atomic E-state index is -4.06. The number of hydrogen-bond acceptors (Lipinski definition) is 4. The van der Waals surface area contributed by atoms with E-state index in [-0.39, 0.29) is 18.0 Å². The smallest absolute Gasteiger partial charge is 0.243 e. The standard InChI is InChI=1S/C12H13FN2O3S/c13-12-9(6-14)2-1-3-11(12)19(17,18)15-7-10(16)8-4-5-8/h1-3,8,10,15-16H,4-5,7H2. The fraction of sp³-hybridized carbons (Fsp3) is 0.417. The molecule has 7 heteroatoms. The van der Waals surface area contributed by atoms with E-state index in [9.17, 15) is 17.9 Å². The van der Waals surface area contributed by atoms with Gasteiger partial charge >= 0.3 is 0 Å². The summed E-state index contributed by atoms with van der Waals surface area (Å²) < 4.78 is 39.7. The predicted octanol–water partition coefficient (Wildman–Crippen LogP) is 0.747. The Morgan fingerprint density at radius 3 is 2.79 bits per heavy atom. The fourth-order valence-corrected chi connectivity index (χ4v) is 2.87. The van der Waals surface area contributed by atoms with Crippen molar-refractivity contribution in [2.75, 3.05) is 6.54 Å². The fourth-order valence-electron chi connectivity index (χ4n) is 1.73. The zero-order valence-electron chi connectivity index (χ0n) is 10.0. The maximum Gasteiger partial charge on any atom is 0.243 e. The molecular weight excluding hydrogens is 271 g/mol. The Kier molecular flexibility index (Phi) is 3.85. The lowest BCUT2D eigenvalue weighted by atomic mass is 10.2. The van der Waals surface area contributed by atoms with Gasteiger partial charge in [0.1, 0.15) is 11.0 Å². The number of sulfonamides is 1. The molecule has 0 aliphatic heterocycles. The number of nitriles is 1. The van der Waals surface area contributed by atoms with Crippen LogP contribution in [0.25, 0.3) is 0 Å². The molecule has 2 N–H and O–H groups in total. The quantitative estimate of drug-likeness (QED) is 0.834. The van der Waals surface area contributed by atoms with Crippen molar-refractivity contribution in [3.8, 4) is 6.07 Å². The molecule has 19 heavy (non-hydrogen) atoms. The maximum atomic E-state index is 13.8. The highest BCUT2D eigenvalue weighted by Gasteiger charge is 2.31. The van der Waals surface area contributed by atoms with Crippen LogP contribution < -0.4 is 4.72 Å². The van der Waals surface area contributed by atoms with Crippen molar-refractivity contribution in [1.29, 1.82) is 5.26 Å². The van der Waals surface area contributed by atoms with Crippen molar-refractivity contribution in [2.24, 2.45) is 5.92 Å². The third kappa shape index (κ3) is 3.10. The van der Waals surface area contributed by atoms with Crippen molar-refractivity contribution in [3.05, 3.63) is 29.6 Å². The monoisotopic (exact) mass is 284 g/mol. The van der Waals surface area contributed by atoms with Gasteiger partial charge in [0.05, 0.1) is 11.7 Å². The van der Waals surface area contributed by atoms with Crippen LogP contribution in [0.5, 0.6) is 0 Å². The normalized spacial score (nSPS) is 16.9. The lowest BCUT2D eigenvalue weighted by Crippen LogP contribution is -2.33. The first kappa shape index (κ1) is 13.9. The van der Waals surface area contributed by atoms with E-state index >= 15 is 0 Å². The van der Waals surface area contributed by atoms with E-state index < -0.39 is 26.8 Å². The number of nitrogens with one attached hydrogen (secondary N) is 1. The molecule has 0 heterocycles.